The zero-order chi connectivity index (χ0) is 26.4. The topological polar surface area (TPSA) is 99.7 Å². The Hall–Kier alpha value is -2.83. The van der Waals surface area contributed by atoms with E-state index in [1.165, 1.54) is 47.4 Å². The maximum absolute atomic E-state index is 13.4. The highest BCUT2D eigenvalue weighted by Gasteiger charge is 2.54. The molecule has 2 heterocycles. The zero-order valence-corrected chi connectivity index (χ0v) is 22.4. The molecule has 1 aromatic rings. The van der Waals surface area contributed by atoms with Gasteiger partial charge in [0.15, 0.2) is 21.7 Å². The molecule has 0 unspecified atom stereocenters. The van der Waals surface area contributed by atoms with E-state index in [9.17, 15) is 19.2 Å². The van der Waals surface area contributed by atoms with Crippen LogP contribution >= 0.6 is 36.0 Å². The molecule has 3 rings (SSSR count). The minimum Gasteiger partial charge on any atom is -0.493 e. The quantitative estimate of drug-likeness (QED) is 0.395. The summed E-state index contributed by atoms with van der Waals surface area (Å²) in [6.07, 6.45) is 0. The van der Waals surface area contributed by atoms with Gasteiger partial charge in [0.25, 0.3) is 0 Å². The third-order valence-electron chi connectivity index (χ3n) is 6.18. The monoisotopic (exact) mass is 540 g/mol. The standard InChI is InChI=1S/C22H25ClN4O6S2/c1-7-33-16-11(23)8-10(9-12(16)32-6)13(14-17(28)24(2)21(34)25(3)18(14)29)15-19(30)26(4)22(35)27(5)20(15)31/h8-9,13-15H,7H2,1-6H3. The number of nitrogens with zero attached hydrogens (tertiary/aromatic N) is 4. The number of carbonyl (C=O) groups excluding carboxylic acids is 4. The number of hydrogen-bond donors (Lipinski definition) is 0. The molecule has 0 radical (unpaired) electrons. The van der Waals surface area contributed by atoms with Crippen molar-refractivity contribution in [1.29, 1.82) is 0 Å². The van der Waals surface area contributed by atoms with Gasteiger partial charge in [0, 0.05) is 34.1 Å². The average molecular weight is 541 g/mol. The maximum atomic E-state index is 13.4. The van der Waals surface area contributed by atoms with Crippen LogP contribution in [0.15, 0.2) is 12.1 Å². The van der Waals surface area contributed by atoms with Gasteiger partial charge in [-0.15, -0.1) is 0 Å². The zero-order valence-electron chi connectivity index (χ0n) is 20.0. The smallest absolute Gasteiger partial charge is 0.241 e. The van der Waals surface area contributed by atoms with E-state index in [0.29, 0.717) is 6.61 Å². The van der Waals surface area contributed by atoms with Crippen molar-refractivity contribution in [2.75, 3.05) is 41.9 Å². The Kier molecular flexibility index (Phi) is 7.68. The van der Waals surface area contributed by atoms with Gasteiger partial charge in [0.2, 0.25) is 23.6 Å². The maximum Gasteiger partial charge on any atom is 0.241 e. The van der Waals surface area contributed by atoms with Crippen molar-refractivity contribution in [1.82, 2.24) is 19.6 Å². The van der Waals surface area contributed by atoms with Crippen LogP contribution in [0.3, 0.4) is 0 Å². The number of hydrogen-bond acceptors (Lipinski definition) is 8. The number of amides is 4. The Morgan fingerprint density at radius 3 is 1.60 bits per heavy atom. The molecule has 35 heavy (non-hydrogen) atoms. The van der Waals surface area contributed by atoms with Gasteiger partial charge in [-0.25, -0.2) is 0 Å². The number of methoxy groups -OCH3 is 1. The summed E-state index contributed by atoms with van der Waals surface area (Å²) in [6, 6.07) is 2.99. The van der Waals surface area contributed by atoms with Crippen LogP contribution in [0.2, 0.25) is 5.02 Å². The van der Waals surface area contributed by atoms with Crippen LogP contribution in [-0.2, 0) is 19.2 Å². The second-order valence-electron chi connectivity index (χ2n) is 8.10. The third-order valence-corrected chi connectivity index (χ3v) is 7.55. The normalized spacial score (nSPS) is 18.4. The number of halogens is 1. The minimum absolute atomic E-state index is 0.00835. The summed E-state index contributed by atoms with van der Waals surface area (Å²) in [5.41, 5.74) is 0.276. The van der Waals surface area contributed by atoms with Crippen LogP contribution in [0.5, 0.6) is 11.5 Å². The molecule has 2 fully saturated rings. The first-order valence-electron chi connectivity index (χ1n) is 10.6. The lowest BCUT2D eigenvalue weighted by molar-refractivity contribution is -0.152. The molecule has 2 saturated heterocycles. The molecule has 4 amide bonds. The summed E-state index contributed by atoms with van der Waals surface area (Å²) < 4.78 is 11.0. The molecule has 0 atom stereocenters. The van der Waals surface area contributed by atoms with Gasteiger partial charge in [0.05, 0.1) is 18.7 Å². The molecule has 0 aliphatic carbocycles. The first kappa shape index (κ1) is 26.8. The summed E-state index contributed by atoms with van der Waals surface area (Å²) in [5, 5.41) is 0.148. The summed E-state index contributed by atoms with van der Waals surface area (Å²) in [5.74, 6) is -6.23. The van der Waals surface area contributed by atoms with Crippen LogP contribution in [0, 0.1) is 11.8 Å². The van der Waals surface area contributed by atoms with Gasteiger partial charge < -0.3 is 9.47 Å². The van der Waals surface area contributed by atoms with Gasteiger partial charge in [-0.2, -0.15) is 0 Å². The molecule has 2 aliphatic rings. The molecule has 0 aromatic heterocycles. The lowest BCUT2D eigenvalue weighted by Gasteiger charge is -2.43. The number of rotatable bonds is 6. The van der Waals surface area contributed by atoms with Gasteiger partial charge in [-0.1, -0.05) is 11.6 Å². The van der Waals surface area contributed by atoms with E-state index in [0.717, 1.165) is 19.6 Å². The van der Waals surface area contributed by atoms with Crippen LogP contribution in [-0.4, -0.2) is 95.4 Å². The van der Waals surface area contributed by atoms with Crippen molar-refractivity contribution in [2.45, 2.75) is 12.8 Å². The average Bonchev–Trinajstić information content (AvgIpc) is 2.84. The fourth-order valence-corrected chi connectivity index (χ4v) is 4.91. The molecule has 1 aromatic carbocycles. The van der Waals surface area contributed by atoms with E-state index >= 15 is 0 Å². The fraction of sp³-hybridized carbons (Fsp3) is 0.455. The Bertz CT molecular complexity index is 1040. The molecule has 188 valence electrons. The Morgan fingerprint density at radius 2 is 1.26 bits per heavy atom. The highest BCUT2D eigenvalue weighted by Crippen LogP contribution is 2.45. The lowest BCUT2D eigenvalue weighted by atomic mass is 9.73. The molecule has 0 N–H and O–H groups in total. The highest BCUT2D eigenvalue weighted by molar-refractivity contribution is 7.80. The van der Waals surface area contributed by atoms with Gasteiger partial charge in [-0.3, -0.25) is 38.8 Å². The fourth-order valence-electron chi connectivity index (χ4n) is 4.28. The van der Waals surface area contributed by atoms with Crippen LogP contribution in [0.4, 0.5) is 0 Å². The van der Waals surface area contributed by atoms with Crippen molar-refractivity contribution in [3.05, 3.63) is 22.7 Å². The Balaban J connectivity index is 2.30. The van der Waals surface area contributed by atoms with Crippen LogP contribution < -0.4 is 9.47 Å². The second-order valence-corrected chi connectivity index (χ2v) is 9.24. The number of ether oxygens (including phenoxy) is 2. The largest absolute Gasteiger partial charge is 0.493 e. The first-order valence-corrected chi connectivity index (χ1v) is 11.8. The summed E-state index contributed by atoms with van der Waals surface area (Å²) in [7, 11) is 7.13. The first-order chi connectivity index (χ1) is 16.4. The van der Waals surface area contributed by atoms with Crippen molar-refractivity contribution in [2.24, 2.45) is 11.8 Å². The van der Waals surface area contributed by atoms with Crippen molar-refractivity contribution < 1.29 is 28.7 Å². The van der Waals surface area contributed by atoms with Crippen LogP contribution in [0.1, 0.15) is 18.4 Å². The molecular formula is C22H25ClN4O6S2. The predicted molar refractivity (Wildman–Crippen MR) is 135 cm³/mol. The number of carbonyl (C=O) groups is 4. The molecular weight excluding hydrogens is 516 g/mol. The SMILES string of the molecule is CCOc1c(Cl)cc(C(C2C(=O)N(C)C(=S)N(C)C2=O)C2C(=O)N(C)C(=S)N(C)C2=O)cc1OC. The lowest BCUT2D eigenvalue weighted by Crippen LogP contribution is -2.63. The summed E-state index contributed by atoms with van der Waals surface area (Å²) in [6.45, 7) is 2.08. The Morgan fingerprint density at radius 1 is 0.857 bits per heavy atom. The number of benzene rings is 1. The molecule has 0 spiro atoms. The van der Waals surface area contributed by atoms with Gasteiger partial charge in [-0.05, 0) is 49.1 Å². The van der Waals surface area contributed by atoms with Crippen LogP contribution in [0.25, 0.3) is 0 Å². The predicted octanol–water partition coefficient (Wildman–Crippen LogP) is 1.49. The van der Waals surface area contributed by atoms with E-state index in [4.69, 9.17) is 45.5 Å². The van der Waals surface area contributed by atoms with E-state index in [1.54, 1.807) is 6.92 Å². The van der Waals surface area contributed by atoms with Crippen molar-refractivity contribution in [3.63, 3.8) is 0 Å². The van der Waals surface area contributed by atoms with Gasteiger partial charge >= 0.3 is 0 Å². The van der Waals surface area contributed by atoms with E-state index in [2.05, 4.69) is 0 Å². The van der Waals surface area contributed by atoms with Crippen molar-refractivity contribution in [3.8, 4) is 11.5 Å². The third kappa shape index (κ3) is 4.34. The number of thiocarbonyl (C=S) groups is 2. The Labute approximate surface area is 218 Å². The molecule has 10 nitrogen and oxygen atoms in total. The van der Waals surface area contributed by atoms with E-state index in [-0.39, 0.29) is 32.3 Å². The minimum atomic E-state index is -1.44. The van der Waals surface area contributed by atoms with Crippen molar-refractivity contribution >= 4 is 69.9 Å². The van der Waals surface area contributed by atoms with E-state index < -0.39 is 41.4 Å². The molecule has 0 bridgehead atoms. The highest BCUT2D eigenvalue weighted by atomic mass is 35.5. The van der Waals surface area contributed by atoms with Gasteiger partial charge in [0.1, 0.15) is 11.8 Å². The molecule has 0 saturated carbocycles. The summed E-state index contributed by atoms with van der Waals surface area (Å²) in [4.78, 5) is 58.3. The van der Waals surface area contributed by atoms with E-state index in [1.807, 2.05) is 0 Å². The summed E-state index contributed by atoms with van der Waals surface area (Å²) >= 11 is 16.9. The molecule has 2 aliphatic heterocycles. The molecule has 13 heteroatoms. The second kappa shape index (κ2) is 10.0.